The molecule has 2 N–H and O–H groups in total. The van der Waals surface area contributed by atoms with Crippen LogP contribution in [0.2, 0.25) is 0 Å². The van der Waals surface area contributed by atoms with Crippen LogP contribution >= 0.6 is 0 Å². The lowest BCUT2D eigenvalue weighted by atomic mass is 10.3. The minimum absolute atomic E-state index is 0.251. The smallest absolute Gasteiger partial charge is 0.345 e. The first kappa shape index (κ1) is 10.4. The fourth-order valence-corrected chi connectivity index (χ4v) is 0.975. The van der Waals surface area contributed by atoms with Crippen LogP contribution in [0, 0.1) is 0 Å². The number of nitrogens with zero attached hydrogens (tertiary/aromatic N) is 1. The molecule has 1 rings (SSSR count). The molecule has 0 spiro atoms. The van der Waals surface area contributed by atoms with Gasteiger partial charge >= 0.3 is 5.69 Å². The van der Waals surface area contributed by atoms with E-state index >= 15 is 0 Å². The van der Waals surface area contributed by atoms with E-state index in [4.69, 9.17) is 0 Å². The van der Waals surface area contributed by atoms with Gasteiger partial charge in [0.15, 0.2) is 0 Å². The fourth-order valence-electron chi connectivity index (χ4n) is 0.975. The van der Waals surface area contributed by atoms with Crippen LogP contribution in [-0.2, 0) is 0 Å². The zero-order chi connectivity index (χ0) is 10.4. The molecule has 0 bridgehead atoms. The van der Waals surface area contributed by atoms with E-state index < -0.39 is 5.69 Å². The number of hydrogen-bond donors (Lipinski definition) is 2. The summed E-state index contributed by atoms with van der Waals surface area (Å²) in [6.45, 7) is 2.67. The molecule has 1 aromatic rings. The third-order valence-corrected chi connectivity index (χ3v) is 1.74. The first-order chi connectivity index (χ1) is 6.74. The van der Waals surface area contributed by atoms with Gasteiger partial charge in [-0.3, -0.25) is 4.79 Å². The monoisotopic (exact) mass is 195 g/mol. The van der Waals surface area contributed by atoms with Crippen molar-refractivity contribution in [3.8, 4) is 0 Å². The molecule has 14 heavy (non-hydrogen) atoms. The molecule has 5 nitrogen and oxygen atoms in total. The lowest BCUT2D eigenvalue weighted by Crippen LogP contribution is -2.27. The number of nitrogens with one attached hydrogen (secondary N) is 2. The number of aromatic nitrogens is 2. The third-order valence-electron chi connectivity index (χ3n) is 1.74. The maximum absolute atomic E-state index is 11.4. The molecule has 0 atom stereocenters. The first-order valence-electron chi connectivity index (χ1n) is 4.57. The number of hydrogen-bond acceptors (Lipinski definition) is 3. The van der Waals surface area contributed by atoms with Crippen LogP contribution in [0.5, 0.6) is 0 Å². The number of amides is 1. The van der Waals surface area contributed by atoms with Gasteiger partial charge in [-0.1, -0.05) is 13.3 Å². The largest absolute Gasteiger partial charge is 0.351 e. The molecule has 0 aliphatic carbocycles. The molecule has 0 aromatic carbocycles. The Labute approximate surface area is 81.6 Å². The third kappa shape index (κ3) is 3.01. The van der Waals surface area contributed by atoms with Crippen LogP contribution in [0.3, 0.4) is 0 Å². The molecule has 5 heteroatoms. The average Bonchev–Trinajstić information content (AvgIpc) is 2.18. The molecule has 1 amide bonds. The second-order valence-electron chi connectivity index (χ2n) is 2.90. The van der Waals surface area contributed by atoms with E-state index in [1.165, 1.54) is 12.3 Å². The van der Waals surface area contributed by atoms with Crippen molar-refractivity contribution < 1.29 is 4.79 Å². The van der Waals surface area contributed by atoms with E-state index in [1.54, 1.807) is 0 Å². The first-order valence-corrected chi connectivity index (χ1v) is 4.57. The second kappa shape index (κ2) is 5.16. The van der Waals surface area contributed by atoms with Crippen LogP contribution in [0.1, 0.15) is 30.3 Å². The second-order valence-corrected chi connectivity index (χ2v) is 2.90. The van der Waals surface area contributed by atoms with E-state index in [0.717, 1.165) is 12.8 Å². The van der Waals surface area contributed by atoms with Crippen LogP contribution in [0.25, 0.3) is 0 Å². The summed E-state index contributed by atoms with van der Waals surface area (Å²) in [5, 5.41) is 2.69. The topological polar surface area (TPSA) is 74.8 Å². The van der Waals surface area contributed by atoms with Crippen molar-refractivity contribution in [1.29, 1.82) is 0 Å². The molecule has 1 aromatic heterocycles. The van der Waals surface area contributed by atoms with Gasteiger partial charge in [0.05, 0.1) is 0 Å². The van der Waals surface area contributed by atoms with E-state index in [9.17, 15) is 9.59 Å². The fraction of sp³-hybridized carbons (Fsp3) is 0.444. The van der Waals surface area contributed by atoms with Crippen molar-refractivity contribution in [2.75, 3.05) is 6.54 Å². The Morgan fingerprint density at radius 3 is 3.07 bits per heavy atom. The number of H-pyrrole nitrogens is 1. The zero-order valence-corrected chi connectivity index (χ0v) is 8.04. The molecular weight excluding hydrogens is 182 g/mol. The molecule has 0 radical (unpaired) electrons. The highest BCUT2D eigenvalue weighted by Gasteiger charge is 2.04. The average molecular weight is 195 g/mol. The summed E-state index contributed by atoms with van der Waals surface area (Å²) >= 11 is 0. The summed E-state index contributed by atoms with van der Waals surface area (Å²) in [5.41, 5.74) is -0.255. The highest BCUT2D eigenvalue weighted by atomic mass is 16.2. The van der Waals surface area contributed by atoms with Gasteiger partial charge in [-0.2, -0.15) is 0 Å². The number of carbonyl (C=O) groups excluding carboxylic acids is 1. The normalized spacial score (nSPS) is 9.79. The molecule has 0 fully saturated rings. The van der Waals surface area contributed by atoms with E-state index in [1.807, 2.05) is 6.92 Å². The predicted molar refractivity (Wildman–Crippen MR) is 52.1 cm³/mol. The van der Waals surface area contributed by atoms with Crippen molar-refractivity contribution in [1.82, 2.24) is 15.3 Å². The number of rotatable bonds is 4. The van der Waals surface area contributed by atoms with Crippen LogP contribution in [0.15, 0.2) is 17.1 Å². The SMILES string of the molecule is CCCCNC(=O)c1ccnc(=O)[nH]1. The van der Waals surface area contributed by atoms with E-state index in [2.05, 4.69) is 15.3 Å². The van der Waals surface area contributed by atoms with Gasteiger partial charge in [0.1, 0.15) is 5.69 Å². The Kier molecular flexibility index (Phi) is 3.84. The summed E-state index contributed by atoms with van der Waals surface area (Å²) in [4.78, 5) is 27.9. The minimum Gasteiger partial charge on any atom is -0.351 e. The predicted octanol–water partition coefficient (Wildman–Crippen LogP) is 0.300. The van der Waals surface area contributed by atoms with Crippen molar-refractivity contribution in [2.24, 2.45) is 0 Å². The van der Waals surface area contributed by atoms with Gasteiger partial charge in [0, 0.05) is 12.7 Å². The zero-order valence-electron chi connectivity index (χ0n) is 8.04. The Morgan fingerprint density at radius 1 is 1.64 bits per heavy atom. The van der Waals surface area contributed by atoms with E-state index in [0.29, 0.717) is 6.54 Å². The lowest BCUT2D eigenvalue weighted by Gasteiger charge is -2.02. The van der Waals surface area contributed by atoms with Crippen LogP contribution < -0.4 is 11.0 Å². The maximum atomic E-state index is 11.4. The standard InChI is InChI=1S/C9H13N3O2/c1-2-3-5-10-8(13)7-4-6-11-9(14)12-7/h4,6H,2-3,5H2,1H3,(H,10,13)(H,11,12,14). The Morgan fingerprint density at radius 2 is 2.43 bits per heavy atom. The molecule has 0 aliphatic rings. The van der Waals surface area contributed by atoms with E-state index in [-0.39, 0.29) is 11.6 Å². The molecule has 0 aliphatic heterocycles. The van der Waals surface area contributed by atoms with Gasteiger partial charge in [-0.25, -0.2) is 9.78 Å². The summed E-state index contributed by atoms with van der Waals surface area (Å²) in [6, 6.07) is 1.47. The lowest BCUT2D eigenvalue weighted by molar-refractivity contribution is 0.0947. The van der Waals surface area contributed by atoms with Crippen molar-refractivity contribution >= 4 is 5.91 Å². The van der Waals surface area contributed by atoms with Gasteiger partial charge in [0.2, 0.25) is 0 Å². The summed E-state index contributed by atoms with van der Waals surface area (Å²) in [6.07, 6.45) is 3.27. The molecular formula is C9H13N3O2. The summed E-state index contributed by atoms with van der Waals surface area (Å²) < 4.78 is 0. The minimum atomic E-state index is -0.506. The number of unbranched alkanes of at least 4 members (excludes halogenated alkanes) is 1. The highest BCUT2D eigenvalue weighted by Crippen LogP contribution is 1.89. The number of carbonyl (C=O) groups is 1. The van der Waals surface area contributed by atoms with Crippen molar-refractivity contribution in [3.63, 3.8) is 0 Å². The van der Waals surface area contributed by atoms with Gasteiger partial charge in [0.25, 0.3) is 5.91 Å². The molecule has 0 saturated carbocycles. The summed E-state index contributed by atoms with van der Waals surface area (Å²) in [5.74, 6) is -0.266. The van der Waals surface area contributed by atoms with Crippen molar-refractivity contribution in [2.45, 2.75) is 19.8 Å². The maximum Gasteiger partial charge on any atom is 0.345 e. The van der Waals surface area contributed by atoms with Crippen molar-refractivity contribution in [3.05, 3.63) is 28.4 Å². The Balaban J connectivity index is 2.56. The molecule has 76 valence electrons. The quantitative estimate of drug-likeness (QED) is 0.678. The Hall–Kier alpha value is -1.65. The van der Waals surface area contributed by atoms with Crippen LogP contribution in [0.4, 0.5) is 0 Å². The molecule has 0 saturated heterocycles. The van der Waals surface area contributed by atoms with Crippen LogP contribution in [-0.4, -0.2) is 22.4 Å². The van der Waals surface area contributed by atoms with Gasteiger partial charge < -0.3 is 10.3 Å². The Bertz CT molecular complexity index is 359. The van der Waals surface area contributed by atoms with Gasteiger partial charge in [-0.05, 0) is 12.5 Å². The molecule has 0 unspecified atom stereocenters. The highest BCUT2D eigenvalue weighted by molar-refractivity contribution is 5.91. The number of aromatic amines is 1. The summed E-state index contributed by atoms with van der Waals surface area (Å²) in [7, 11) is 0. The van der Waals surface area contributed by atoms with Gasteiger partial charge in [-0.15, -0.1) is 0 Å². The molecule has 1 heterocycles.